The molecule has 0 saturated carbocycles. The lowest BCUT2D eigenvalue weighted by Crippen LogP contribution is -2.38. The number of halogens is 1. The van der Waals surface area contributed by atoms with E-state index in [-0.39, 0.29) is 6.03 Å². The monoisotopic (exact) mass is 348 g/mol. The zero-order valence-electron chi connectivity index (χ0n) is 13.2. The smallest absolute Gasteiger partial charge is 0.314 e. The molecule has 2 amide bonds. The van der Waals surface area contributed by atoms with E-state index >= 15 is 0 Å². The van der Waals surface area contributed by atoms with E-state index in [9.17, 15) is 9.90 Å². The van der Waals surface area contributed by atoms with Crippen LogP contribution in [0, 0.1) is 0 Å². The van der Waals surface area contributed by atoms with Crippen LogP contribution in [0.5, 0.6) is 5.75 Å². The van der Waals surface area contributed by atoms with Crippen LogP contribution in [0.3, 0.4) is 0 Å². The minimum absolute atomic E-state index is 0.287. The van der Waals surface area contributed by atoms with Gasteiger partial charge in [0.1, 0.15) is 12.4 Å². The standard InChI is InChI=1S/C18H21ClN2O3/c19-15-6-4-5-14(13-15)17(22)9-10-20-18(23)21-11-12-24-16-7-2-1-3-8-16/h1-8,13,17,22H,9-12H2,(H2,20,21,23)/t17-/m1/s1. The molecule has 0 aliphatic heterocycles. The minimum atomic E-state index is -0.662. The van der Waals surface area contributed by atoms with E-state index in [0.29, 0.717) is 31.1 Å². The molecule has 1 atom stereocenters. The van der Waals surface area contributed by atoms with Gasteiger partial charge in [0, 0.05) is 11.6 Å². The number of nitrogens with one attached hydrogen (secondary N) is 2. The molecule has 0 spiro atoms. The lowest BCUT2D eigenvalue weighted by Gasteiger charge is -2.12. The van der Waals surface area contributed by atoms with Crippen molar-refractivity contribution in [2.45, 2.75) is 12.5 Å². The predicted molar refractivity (Wildman–Crippen MR) is 94.4 cm³/mol. The highest BCUT2D eigenvalue weighted by Gasteiger charge is 2.08. The van der Waals surface area contributed by atoms with Crippen molar-refractivity contribution in [1.82, 2.24) is 10.6 Å². The molecule has 0 saturated heterocycles. The molecule has 0 aliphatic rings. The summed E-state index contributed by atoms with van der Waals surface area (Å²) in [5, 5.41) is 16.0. The van der Waals surface area contributed by atoms with Gasteiger partial charge in [-0.15, -0.1) is 0 Å². The van der Waals surface area contributed by atoms with Crippen molar-refractivity contribution in [2.75, 3.05) is 19.7 Å². The first-order chi connectivity index (χ1) is 11.6. The fraction of sp³-hybridized carbons (Fsp3) is 0.278. The van der Waals surface area contributed by atoms with Crippen molar-refractivity contribution in [3.63, 3.8) is 0 Å². The SMILES string of the molecule is O=C(NCCOc1ccccc1)NCC[C@@H](O)c1cccc(Cl)c1. The number of benzene rings is 2. The average Bonchev–Trinajstić information content (AvgIpc) is 2.59. The second kappa shape index (κ2) is 9.80. The third-order valence-electron chi connectivity index (χ3n) is 3.34. The Kier molecular flexibility index (Phi) is 7.39. The number of ether oxygens (including phenoxy) is 1. The molecule has 3 N–H and O–H groups in total. The summed E-state index contributed by atoms with van der Waals surface area (Å²) >= 11 is 5.89. The number of para-hydroxylation sites is 1. The molecule has 24 heavy (non-hydrogen) atoms. The number of hydrogen-bond donors (Lipinski definition) is 3. The Morgan fingerprint density at radius 2 is 1.83 bits per heavy atom. The zero-order valence-corrected chi connectivity index (χ0v) is 14.0. The van der Waals surface area contributed by atoms with Crippen LogP contribution in [0.2, 0.25) is 5.02 Å². The topological polar surface area (TPSA) is 70.6 Å². The molecular formula is C18H21ClN2O3. The maximum atomic E-state index is 11.6. The van der Waals surface area contributed by atoms with Crippen molar-refractivity contribution >= 4 is 17.6 Å². The van der Waals surface area contributed by atoms with Crippen molar-refractivity contribution in [2.24, 2.45) is 0 Å². The number of aliphatic hydroxyl groups excluding tert-OH is 1. The highest BCUT2D eigenvalue weighted by Crippen LogP contribution is 2.19. The van der Waals surface area contributed by atoms with Gasteiger partial charge in [-0.05, 0) is 36.2 Å². The Labute approximate surface area is 146 Å². The van der Waals surface area contributed by atoms with Gasteiger partial charge in [0.15, 0.2) is 0 Å². The van der Waals surface area contributed by atoms with Crippen LogP contribution in [0.1, 0.15) is 18.1 Å². The number of carbonyl (C=O) groups excluding carboxylic acids is 1. The van der Waals surface area contributed by atoms with Crippen LogP contribution in [-0.2, 0) is 0 Å². The molecule has 2 rings (SSSR count). The Morgan fingerprint density at radius 1 is 1.08 bits per heavy atom. The summed E-state index contributed by atoms with van der Waals surface area (Å²) in [6, 6.07) is 16.2. The molecule has 2 aromatic carbocycles. The Morgan fingerprint density at radius 3 is 2.58 bits per heavy atom. The summed E-state index contributed by atoms with van der Waals surface area (Å²) in [6.45, 7) is 1.15. The highest BCUT2D eigenvalue weighted by atomic mass is 35.5. The molecule has 0 fully saturated rings. The fourth-order valence-electron chi connectivity index (χ4n) is 2.12. The summed E-state index contributed by atoms with van der Waals surface area (Å²) in [5.74, 6) is 0.768. The van der Waals surface area contributed by atoms with E-state index in [4.69, 9.17) is 16.3 Å². The fourth-order valence-corrected chi connectivity index (χ4v) is 2.31. The van der Waals surface area contributed by atoms with E-state index in [1.807, 2.05) is 30.3 Å². The molecule has 6 heteroatoms. The lowest BCUT2D eigenvalue weighted by atomic mass is 10.1. The molecule has 0 aliphatic carbocycles. The molecule has 128 valence electrons. The van der Waals surface area contributed by atoms with Crippen molar-refractivity contribution in [3.05, 3.63) is 65.2 Å². The predicted octanol–water partition coefficient (Wildman–Crippen LogP) is 3.14. The number of rotatable bonds is 8. The van der Waals surface area contributed by atoms with Gasteiger partial charge in [0.2, 0.25) is 0 Å². The van der Waals surface area contributed by atoms with Crippen LogP contribution >= 0.6 is 11.6 Å². The van der Waals surface area contributed by atoms with Crippen LogP contribution in [-0.4, -0.2) is 30.8 Å². The van der Waals surface area contributed by atoms with Gasteiger partial charge in [-0.3, -0.25) is 0 Å². The van der Waals surface area contributed by atoms with Gasteiger partial charge in [0.05, 0.1) is 12.6 Å². The van der Waals surface area contributed by atoms with Gasteiger partial charge < -0.3 is 20.5 Å². The Balaban J connectivity index is 1.58. The van der Waals surface area contributed by atoms with Crippen molar-refractivity contribution in [3.8, 4) is 5.75 Å². The van der Waals surface area contributed by atoms with Gasteiger partial charge >= 0.3 is 6.03 Å². The average molecular weight is 349 g/mol. The van der Waals surface area contributed by atoms with E-state index in [1.54, 1.807) is 24.3 Å². The second-order valence-corrected chi connectivity index (χ2v) is 5.64. The molecule has 0 unspecified atom stereocenters. The third kappa shape index (κ3) is 6.48. The molecule has 0 aromatic heterocycles. The molecule has 0 heterocycles. The van der Waals surface area contributed by atoms with Gasteiger partial charge in [0.25, 0.3) is 0 Å². The molecule has 0 radical (unpaired) electrons. The van der Waals surface area contributed by atoms with E-state index in [0.717, 1.165) is 11.3 Å². The first kappa shape index (κ1) is 18.1. The van der Waals surface area contributed by atoms with E-state index in [2.05, 4.69) is 10.6 Å². The third-order valence-corrected chi connectivity index (χ3v) is 3.57. The van der Waals surface area contributed by atoms with Crippen LogP contribution in [0.15, 0.2) is 54.6 Å². The first-order valence-corrected chi connectivity index (χ1v) is 8.16. The Bertz CT molecular complexity index is 637. The summed E-state index contributed by atoms with van der Waals surface area (Å²) in [7, 11) is 0. The Hall–Kier alpha value is -2.24. The van der Waals surface area contributed by atoms with E-state index in [1.165, 1.54) is 0 Å². The number of urea groups is 1. The quantitative estimate of drug-likeness (QED) is 0.642. The number of carbonyl (C=O) groups is 1. The van der Waals surface area contributed by atoms with Crippen molar-refractivity contribution in [1.29, 1.82) is 0 Å². The summed E-state index contributed by atoms with van der Waals surface area (Å²) in [5.41, 5.74) is 0.737. The van der Waals surface area contributed by atoms with Crippen molar-refractivity contribution < 1.29 is 14.6 Å². The van der Waals surface area contributed by atoms with Crippen LogP contribution < -0.4 is 15.4 Å². The summed E-state index contributed by atoms with van der Waals surface area (Å²) < 4.78 is 5.47. The van der Waals surface area contributed by atoms with E-state index < -0.39 is 6.10 Å². The van der Waals surface area contributed by atoms with Gasteiger partial charge in [-0.1, -0.05) is 41.9 Å². The zero-order chi connectivity index (χ0) is 17.2. The maximum Gasteiger partial charge on any atom is 0.314 e. The lowest BCUT2D eigenvalue weighted by molar-refractivity contribution is 0.166. The number of hydrogen-bond acceptors (Lipinski definition) is 3. The summed E-state index contributed by atoms with van der Waals surface area (Å²) in [4.78, 5) is 11.6. The van der Waals surface area contributed by atoms with Gasteiger partial charge in [-0.25, -0.2) is 4.79 Å². The minimum Gasteiger partial charge on any atom is -0.492 e. The van der Waals surface area contributed by atoms with Crippen LogP contribution in [0.4, 0.5) is 4.79 Å². The van der Waals surface area contributed by atoms with Crippen LogP contribution in [0.25, 0.3) is 0 Å². The summed E-state index contributed by atoms with van der Waals surface area (Å²) in [6.07, 6.45) is -0.251. The largest absolute Gasteiger partial charge is 0.492 e. The molecule has 0 bridgehead atoms. The molecule has 2 aromatic rings. The first-order valence-electron chi connectivity index (χ1n) is 7.78. The number of aliphatic hydroxyl groups is 1. The highest BCUT2D eigenvalue weighted by molar-refractivity contribution is 6.30. The molecule has 5 nitrogen and oxygen atoms in total. The maximum absolute atomic E-state index is 11.6. The number of amides is 2. The normalized spacial score (nSPS) is 11.6. The van der Waals surface area contributed by atoms with Gasteiger partial charge in [-0.2, -0.15) is 0 Å². The molecular weight excluding hydrogens is 328 g/mol. The second-order valence-electron chi connectivity index (χ2n) is 5.20.